The van der Waals surface area contributed by atoms with Gasteiger partial charge >= 0.3 is 0 Å². The predicted octanol–water partition coefficient (Wildman–Crippen LogP) is 5.19. The minimum absolute atomic E-state index is 0.0734. The van der Waals surface area contributed by atoms with Crippen molar-refractivity contribution in [2.45, 2.75) is 25.2 Å². The van der Waals surface area contributed by atoms with E-state index in [1.54, 1.807) is 54.6 Å². The number of carbonyl (C=O) groups is 1. The Kier molecular flexibility index (Phi) is 9.98. The highest BCUT2D eigenvalue weighted by Crippen LogP contribution is 2.35. The number of para-hydroxylation sites is 2. The number of fused-ring (bicyclic) bond motifs is 1. The van der Waals surface area contributed by atoms with Crippen molar-refractivity contribution in [3.8, 4) is 5.75 Å². The lowest BCUT2D eigenvalue weighted by molar-refractivity contribution is 0.0951. The van der Waals surface area contributed by atoms with Crippen molar-refractivity contribution in [2.75, 3.05) is 42.4 Å². The van der Waals surface area contributed by atoms with Gasteiger partial charge in [0.2, 0.25) is 0 Å². The Morgan fingerprint density at radius 3 is 2.37 bits per heavy atom. The Morgan fingerprint density at radius 1 is 0.951 bits per heavy atom. The first-order valence-electron chi connectivity index (χ1n) is 13.3. The van der Waals surface area contributed by atoms with E-state index in [1.165, 1.54) is 29.7 Å². The number of sulfonamides is 1. The molecule has 0 radical (unpaired) electrons. The van der Waals surface area contributed by atoms with E-state index in [2.05, 4.69) is 38.8 Å². The predicted molar refractivity (Wildman–Crippen MR) is 163 cm³/mol. The van der Waals surface area contributed by atoms with Crippen LogP contribution in [0.15, 0.2) is 77.7 Å². The van der Waals surface area contributed by atoms with Crippen molar-refractivity contribution in [2.24, 2.45) is 0 Å². The maximum absolute atomic E-state index is 13.5. The quantitative estimate of drug-likeness (QED) is 0.160. The van der Waals surface area contributed by atoms with E-state index in [0.29, 0.717) is 29.0 Å². The maximum atomic E-state index is 13.5. The smallest absolute Gasteiger partial charge is 0.263 e. The second-order valence-electron chi connectivity index (χ2n) is 9.14. The normalized spacial score (nSPS) is 11.4. The largest absolute Gasteiger partial charge is 0.497 e. The number of aromatic nitrogens is 2. The number of anilines is 3. The molecule has 4 aromatic rings. The van der Waals surface area contributed by atoms with Gasteiger partial charge in [-0.25, -0.2) is 22.8 Å². The summed E-state index contributed by atoms with van der Waals surface area (Å²) in [7, 11) is -2.65. The molecule has 0 aliphatic carbocycles. The Bertz CT molecular complexity index is 1610. The molecule has 0 bridgehead atoms. The van der Waals surface area contributed by atoms with E-state index in [9.17, 15) is 13.2 Å². The molecule has 1 aromatic heterocycles. The molecule has 12 heteroatoms. The van der Waals surface area contributed by atoms with Gasteiger partial charge in [-0.3, -0.25) is 9.52 Å². The standard InChI is InChI=1S/C29H33ClN6O4S/c1-4-35(5-2)18-10-17-31-29(37)21-11-8-14-24(19-21)41(38,39)34-27-28(33-26-16-7-6-15-25(26)32-27)36(30)22-12-9-13-23(20-22)40-3/h6-9,11-16,19-20H,4-5,10,17-18H2,1-3H3,(H,31,37)(H,32,34). The van der Waals surface area contributed by atoms with Crippen LogP contribution in [-0.4, -0.2) is 62.5 Å². The molecule has 0 unspecified atom stereocenters. The Morgan fingerprint density at radius 2 is 1.66 bits per heavy atom. The number of hydrogen-bond acceptors (Lipinski definition) is 8. The molecule has 0 fully saturated rings. The first-order chi connectivity index (χ1) is 19.7. The molecule has 0 spiro atoms. The summed E-state index contributed by atoms with van der Waals surface area (Å²) in [6, 6.07) is 19.8. The van der Waals surface area contributed by atoms with Crippen LogP contribution in [0.25, 0.3) is 11.0 Å². The molecule has 0 saturated carbocycles. The summed E-state index contributed by atoms with van der Waals surface area (Å²) < 4.78 is 36.1. The van der Waals surface area contributed by atoms with Crippen molar-refractivity contribution in [1.29, 1.82) is 0 Å². The molecule has 0 atom stereocenters. The van der Waals surface area contributed by atoms with Crippen LogP contribution in [0.3, 0.4) is 0 Å². The summed E-state index contributed by atoms with van der Waals surface area (Å²) in [6.07, 6.45) is 0.790. The van der Waals surface area contributed by atoms with Gasteiger partial charge in [-0.2, -0.15) is 0 Å². The van der Waals surface area contributed by atoms with Crippen LogP contribution < -0.4 is 19.2 Å². The Balaban J connectivity index is 1.60. The fourth-order valence-electron chi connectivity index (χ4n) is 4.19. The van der Waals surface area contributed by atoms with Crippen molar-refractivity contribution in [3.63, 3.8) is 0 Å². The van der Waals surface area contributed by atoms with Crippen LogP contribution in [0, 0.1) is 0 Å². The van der Waals surface area contributed by atoms with E-state index in [-0.39, 0.29) is 28.0 Å². The Labute approximate surface area is 245 Å². The van der Waals surface area contributed by atoms with Crippen LogP contribution in [0.1, 0.15) is 30.6 Å². The lowest BCUT2D eigenvalue weighted by atomic mass is 10.2. The zero-order valence-corrected chi connectivity index (χ0v) is 24.7. The topological polar surface area (TPSA) is 117 Å². The molecule has 41 heavy (non-hydrogen) atoms. The van der Waals surface area contributed by atoms with Gasteiger partial charge in [0.25, 0.3) is 15.9 Å². The van der Waals surface area contributed by atoms with Crippen LogP contribution in [-0.2, 0) is 10.0 Å². The number of carbonyl (C=O) groups excluding carboxylic acids is 1. The molecule has 0 saturated heterocycles. The lowest BCUT2D eigenvalue weighted by Crippen LogP contribution is -2.30. The number of halogens is 1. The van der Waals surface area contributed by atoms with E-state index >= 15 is 0 Å². The van der Waals surface area contributed by atoms with Crippen molar-refractivity contribution >= 4 is 56.1 Å². The molecule has 3 aromatic carbocycles. The van der Waals surface area contributed by atoms with Gasteiger partial charge in [-0.05, 0) is 68.5 Å². The van der Waals surface area contributed by atoms with Gasteiger partial charge in [0, 0.05) is 30.0 Å². The van der Waals surface area contributed by atoms with Crippen molar-refractivity contribution in [3.05, 3.63) is 78.4 Å². The van der Waals surface area contributed by atoms with E-state index < -0.39 is 10.0 Å². The molecule has 2 N–H and O–H groups in total. The summed E-state index contributed by atoms with van der Waals surface area (Å²) in [5.41, 5.74) is 1.73. The highest BCUT2D eigenvalue weighted by atomic mass is 35.5. The number of methoxy groups -OCH3 is 1. The van der Waals surface area contributed by atoms with Crippen molar-refractivity contribution in [1.82, 2.24) is 20.2 Å². The monoisotopic (exact) mass is 596 g/mol. The minimum Gasteiger partial charge on any atom is -0.497 e. The number of ether oxygens (including phenoxy) is 1. The number of amides is 1. The summed E-state index contributed by atoms with van der Waals surface area (Å²) in [5.74, 6) is 0.210. The van der Waals surface area contributed by atoms with Gasteiger partial charge in [0.15, 0.2) is 11.6 Å². The third-order valence-corrected chi connectivity index (χ3v) is 8.18. The van der Waals surface area contributed by atoms with E-state index in [1.807, 2.05) is 0 Å². The van der Waals surface area contributed by atoms with Crippen LogP contribution in [0.5, 0.6) is 5.75 Å². The molecule has 1 heterocycles. The summed E-state index contributed by atoms with van der Waals surface area (Å²) in [4.78, 5) is 24.0. The van der Waals surface area contributed by atoms with Gasteiger partial charge in [0.1, 0.15) is 5.75 Å². The second-order valence-corrected chi connectivity index (χ2v) is 11.2. The summed E-state index contributed by atoms with van der Waals surface area (Å²) in [6.45, 7) is 7.43. The zero-order valence-electron chi connectivity index (χ0n) is 23.2. The molecular formula is C29H33ClN6O4S. The molecular weight excluding hydrogens is 564 g/mol. The fraction of sp³-hybridized carbons (Fsp3) is 0.276. The number of hydrogen-bond donors (Lipinski definition) is 2. The number of benzene rings is 3. The number of nitrogens with zero attached hydrogens (tertiary/aromatic N) is 4. The van der Waals surface area contributed by atoms with Gasteiger partial charge in [-0.1, -0.05) is 38.1 Å². The number of rotatable bonds is 13. The van der Waals surface area contributed by atoms with Gasteiger partial charge in [0.05, 0.1) is 28.7 Å². The highest BCUT2D eigenvalue weighted by Gasteiger charge is 2.23. The molecule has 1 amide bonds. The molecule has 0 aliphatic heterocycles. The average Bonchev–Trinajstić information content (AvgIpc) is 3.00. The number of nitrogens with one attached hydrogen (secondary N) is 2. The maximum Gasteiger partial charge on any atom is 0.263 e. The third-order valence-electron chi connectivity index (χ3n) is 6.49. The molecule has 216 valence electrons. The van der Waals surface area contributed by atoms with Crippen molar-refractivity contribution < 1.29 is 17.9 Å². The molecule has 0 aliphatic rings. The van der Waals surface area contributed by atoms with Crippen LogP contribution >= 0.6 is 11.8 Å². The SMILES string of the molecule is CCN(CC)CCCNC(=O)c1cccc(S(=O)(=O)Nc2nc3ccccc3nc2N(Cl)c2cccc(OC)c2)c1. The lowest BCUT2D eigenvalue weighted by Gasteiger charge is -2.19. The second kappa shape index (κ2) is 13.6. The van der Waals surface area contributed by atoms with Crippen LogP contribution in [0.4, 0.5) is 17.3 Å². The zero-order chi connectivity index (χ0) is 29.4. The minimum atomic E-state index is -4.18. The average molecular weight is 597 g/mol. The Hall–Kier alpha value is -3.93. The first-order valence-corrected chi connectivity index (χ1v) is 15.1. The summed E-state index contributed by atoms with van der Waals surface area (Å²) in [5, 5.41) is 2.86. The van der Waals surface area contributed by atoms with Crippen LogP contribution in [0.2, 0.25) is 0 Å². The van der Waals surface area contributed by atoms with E-state index in [0.717, 1.165) is 26.1 Å². The van der Waals surface area contributed by atoms with Gasteiger partial charge in [-0.15, -0.1) is 0 Å². The highest BCUT2D eigenvalue weighted by molar-refractivity contribution is 7.92. The van der Waals surface area contributed by atoms with E-state index in [4.69, 9.17) is 16.5 Å². The fourth-order valence-corrected chi connectivity index (χ4v) is 5.46. The first kappa shape index (κ1) is 30.0. The third kappa shape index (κ3) is 7.43. The molecule has 4 rings (SSSR count). The summed E-state index contributed by atoms with van der Waals surface area (Å²) >= 11 is 6.69. The molecule has 10 nitrogen and oxygen atoms in total. The van der Waals surface area contributed by atoms with Gasteiger partial charge < -0.3 is 15.0 Å².